The predicted molar refractivity (Wildman–Crippen MR) is 101 cm³/mol. The molecule has 0 radical (unpaired) electrons. The zero-order valence-corrected chi connectivity index (χ0v) is 15.9. The molecule has 0 aliphatic carbocycles. The van der Waals surface area contributed by atoms with Gasteiger partial charge in [-0.1, -0.05) is 12.1 Å². The van der Waals surface area contributed by atoms with Crippen molar-refractivity contribution in [2.24, 2.45) is 10.4 Å². The van der Waals surface area contributed by atoms with Crippen LogP contribution in [0.3, 0.4) is 0 Å². The van der Waals surface area contributed by atoms with Gasteiger partial charge in [0.15, 0.2) is 5.96 Å². The van der Waals surface area contributed by atoms with E-state index in [1.54, 1.807) is 12.1 Å². The molecule has 6 heteroatoms. The van der Waals surface area contributed by atoms with Crippen LogP contribution in [0.1, 0.15) is 25.3 Å². The van der Waals surface area contributed by atoms with Crippen molar-refractivity contribution < 1.29 is 9.13 Å². The summed E-state index contributed by atoms with van der Waals surface area (Å²) in [5.41, 5.74) is 1.35. The lowest BCUT2D eigenvalue weighted by atomic mass is 9.87. The van der Waals surface area contributed by atoms with Crippen LogP contribution in [0.2, 0.25) is 0 Å². The molecule has 0 bridgehead atoms. The molecule has 1 aromatic rings. The zero-order valence-electron chi connectivity index (χ0n) is 13.6. The number of benzene rings is 1. The Kier molecular flexibility index (Phi) is 6.64. The third-order valence-electron chi connectivity index (χ3n) is 4.58. The molecule has 1 atom stereocenters. The minimum atomic E-state index is -0.206. The molecule has 2 fully saturated rings. The highest BCUT2D eigenvalue weighted by Gasteiger charge is 2.42. The van der Waals surface area contributed by atoms with E-state index in [-0.39, 0.29) is 29.8 Å². The number of hydrogen-bond donors (Lipinski definition) is 1. The second kappa shape index (κ2) is 8.28. The van der Waals surface area contributed by atoms with Gasteiger partial charge in [0.05, 0.1) is 13.2 Å². The summed E-state index contributed by atoms with van der Waals surface area (Å²) in [5.74, 6) is 0.748. The number of aliphatic imine (C=N–C) groups is 1. The van der Waals surface area contributed by atoms with Crippen molar-refractivity contribution in [2.75, 3.05) is 32.8 Å². The van der Waals surface area contributed by atoms with Crippen molar-refractivity contribution >= 4 is 29.9 Å². The summed E-state index contributed by atoms with van der Waals surface area (Å²) >= 11 is 0. The molecular weight excluding hydrogens is 408 g/mol. The summed E-state index contributed by atoms with van der Waals surface area (Å²) in [6, 6.07) is 6.55. The predicted octanol–water partition coefficient (Wildman–Crippen LogP) is 3.02. The Morgan fingerprint density at radius 1 is 1.35 bits per heavy atom. The van der Waals surface area contributed by atoms with Gasteiger partial charge >= 0.3 is 0 Å². The first kappa shape index (κ1) is 18.4. The maximum absolute atomic E-state index is 13.0. The topological polar surface area (TPSA) is 36.9 Å². The molecular formula is C17H25FIN3O. The Bertz CT molecular complexity index is 529. The number of likely N-dealkylation sites (tertiary alicyclic amines) is 1. The fraction of sp³-hybridized carbons (Fsp3) is 0.588. The van der Waals surface area contributed by atoms with Crippen LogP contribution in [0, 0.1) is 11.2 Å². The van der Waals surface area contributed by atoms with Gasteiger partial charge in [-0.15, -0.1) is 24.0 Å². The molecule has 0 amide bonds. The Balaban J connectivity index is 0.00000192. The quantitative estimate of drug-likeness (QED) is 0.453. The van der Waals surface area contributed by atoms with Gasteiger partial charge in [-0.05, 0) is 37.5 Å². The maximum Gasteiger partial charge on any atom is 0.194 e. The van der Waals surface area contributed by atoms with E-state index in [2.05, 4.69) is 17.1 Å². The van der Waals surface area contributed by atoms with Crippen LogP contribution in [-0.4, -0.2) is 43.7 Å². The first-order valence-corrected chi connectivity index (χ1v) is 8.06. The number of nitrogens with zero attached hydrogens (tertiary/aromatic N) is 2. The monoisotopic (exact) mass is 433 g/mol. The lowest BCUT2D eigenvalue weighted by Gasteiger charge is -2.25. The fourth-order valence-corrected chi connectivity index (χ4v) is 3.27. The van der Waals surface area contributed by atoms with Crippen molar-refractivity contribution in [1.82, 2.24) is 10.2 Å². The van der Waals surface area contributed by atoms with Crippen molar-refractivity contribution in [3.8, 4) is 0 Å². The van der Waals surface area contributed by atoms with Crippen LogP contribution in [0.15, 0.2) is 29.3 Å². The van der Waals surface area contributed by atoms with E-state index < -0.39 is 0 Å². The lowest BCUT2D eigenvalue weighted by molar-refractivity contribution is 0.156. The SMILES string of the molecule is CCNC(=NCc1ccc(F)cc1)N1CCC2(CCOC2)C1.I. The molecule has 3 rings (SSSR count). The molecule has 1 unspecified atom stereocenters. The summed E-state index contributed by atoms with van der Waals surface area (Å²) in [6.07, 6.45) is 2.33. The first-order valence-electron chi connectivity index (χ1n) is 8.06. The second-order valence-electron chi connectivity index (χ2n) is 6.27. The van der Waals surface area contributed by atoms with Gasteiger partial charge in [0, 0.05) is 31.7 Å². The van der Waals surface area contributed by atoms with Gasteiger partial charge in [-0.2, -0.15) is 0 Å². The minimum Gasteiger partial charge on any atom is -0.381 e. The van der Waals surface area contributed by atoms with Gasteiger partial charge in [-0.3, -0.25) is 0 Å². The smallest absolute Gasteiger partial charge is 0.194 e. The third kappa shape index (κ3) is 4.56. The highest BCUT2D eigenvalue weighted by molar-refractivity contribution is 14.0. The Morgan fingerprint density at radius 3 is 2.78 bits per heavy atom. The molecule has 0 saturated carbocycles. The summed E-state index contributed by atoms with van der Waals surface area (Å²) in [6.45, 7) is 7.31. The number of rotatable bonds is 3. The molecule has 23 heavy (non-hydrogen) atoms. The molecule has 128 valence electrons. The summed E-state index contributed by atoms with van der Waals surface area (Å²) in [7, 11) is 0. The number of guanidine groups is 1. The van der Waals surface area contributed by atoms with Crippen molar-refractivity contribution in [2.45, 2.75) is 26.3 Å². The van der Waals surface area contributed by atoms with Gasteiger partial charge in [0.25, 0.3) is 0 Å². The third-order valence-corrected chi connectivity index (χ3v) is 4.58. The van der Waals surface area contributed by atoms with Crippen LogP contribution in [0.25, 0.3) is 0 Å². The lowest BCUT2D eigenvalue weighted by Crippen LogP contribution is -2.41. The number of nitrogens with one attached hydrogen (secondary N) is 1. The van der Waals surface area contributed by atoms with Crippen LogP contribution in [-0.2, 0) is 11.3 Å². The van der Waals surface area contributed by atoms with Crippen molar-refractivity contribution in [3.05, 3.63) is 35.6 Å². The van der Waals surface area contributed by atoms with E-state index in [0.717, 1.165) is 50.8 Å². The van der Waals surface area contributed by atoms with E-state index in [9.17, 15) is 4.39 Å². The summed E-state index contributed by atoms with van der Waals surface area (Å²) in [4.78, 5) is 7.05. The summed E-state index contributed by atoms with van der Waals surface area (Å²) < 4.78 is 18.5. The Labute approximate surface area is 154 Å². The molecule has 1 spiro atoms. The van der Waals surface area contributed by atoms with E-state index in [0.29, 0.717) is 12.0 Å². The van der Waals surface area contributed by atoms with Gasteiger partial charge < -0.3 is 15.0 Å². The van der Waals surface area contributed by atoms with E-state index in [1.807, 2.05) is 0 Å². The molecule has 2 aliphatic rings. The van der Waals surface area contributed by atoms with Gasteiger partial charge in [0.2, 0.25) is 0 Å². The molecule has 1 aromatic carbocycles. The van der Waals surface area contributed by atoms with Gasteiger partial charge in [-0.25, -0.2) is 9.38 Å². The molecule has 2 saturated heterocycles. The molecule has 1 N–H and O–H groups in total. The highest BCUT2D eigenvalue weighted by Crippen LogP contribution is 2.38. The standard InChI is InChI=1S/C17H24FN3O.HI/c1-2-19-16(20-11-14-3-5-15(18)6-4-14)21-9-7-17(12-21)8-10-22-13-17;/h3-6H,2,7-13H2,1H3,(H,19,20);1H. The average molecular weight is 433 g/mol. The fourth-order valence-electron chi connectivity index (χ4n) is 3.27. The minimum absolute atomic E-state index is 0. The molecule has 4 nitrogen and oxygen atoms in total. The largest absolute Gasteiger partial charge is 0.381 e. The normalized spacial score (nSPS) is 24.1. The molecule has 0 aromatic heterocycles. The highest BCUT2D eigenvalue weighted by atomic mass is 127. The molecule has 2 aliphatic heterocycles. The van der Waals surface area contributed by atoms with Crippen LogP contribution in [0.4, 0.5) is 4.39 Å². The van der Waals surface area contributed by atoms with Crippen molar-refractivity contribution in [3.63, 3.8) is 0 Å². The number of halogens is 2. The van der Waals surface area contributed by atoms with Crippen molar-refractivity contribution in [1.29, 1.82) is 0 Å². The first-order chi connectivity index (χ1) is 10.7. The van der Waals surface area contributed by atoms with Crippen LogP contribution in [0.5, 0.6) is 0 Å². The van der Waals surface area contributed by atoms with Crippen LogP contribution < -0.4 is 5.32 Å². The maximum atomic E-state index is 13.0. The zero-order chi connectivity index (χ0) is 15.4. The number of hydrogen-bond acceptors (Lipinski definition) is 2. The average Bonchev–Trinajstić information content (AvgIpc) is 3.16. The number of ether oxygens (including phenoxy) is 1. The summed E-state index contributed by atoms with van der Waals surface area (Å²) in [5, 5.41) is 3.37. The molecule has 2 heterocycles. The Morgan fingerprint density at radius 2 is 2.13 bits per heavy atom. The van der Waals surface area contributed by atoms with E-state index >= 15 is 0 Å². The van der Waals surface area contributed by atoms with E-state index in [1.165, 1.54) is 18.6 Å². The second-order valence-corrected chi connectivity index (χ2v) is 6.27. The Hall–Kier alpha value is -0.890. The van der Waals surface area contributed by atoms with Crippen LogP contribution >= 0.6 is 24.0 Å². The van der Waals surface area contributed by atoms with E-state index in [4.69, 9.17) is 9.73 Å². The van der Waals surface area contributed by atoms with Gasteiger partial charge in [0.1, 0.15) is 5.82 Å².